The minimum absolute atomic E-state index is 0.0438. The molecule has 0 heterocycles. The Balaban J connectivity index is 3.67. The van der Waals surface area contributed by atoms with E-state index in [1.807, 2.05) is 6.92 Å². The second-order valence-corrected chi connectivity index (χ2v) is 3.67. The second-order valence-electron chi connectivity index (χ2n) is 3.67. The first-order valence-corrected chi connectivity index (χ1v) is 5.75. The van der Waals surface area contributed by atoms with Gasteiger partial charge in [-0.3, -0.25) is 14.4 Å². The van der Waals surface area contributed by atoms with E-state index in [0.717, 1.165) is 12.8 Å². The number of rotatable bonds is 8. The van der Waals surface area contributed by atoms with Crippen LogP contribution in [0.5, 0.6) is 0 Å². The third kappa shape index (κ3) is 8.19. The molecule has 0 radical (unpaired) electrons. The molecule has 0 saturated carbocycles. The van der Waals surface area contributed by atoms with Crippen LogP contribution in [-0.4, -0.2) is 43.1 Å². The fraction of sp³-hybridized carbons (Fsp3) is 0.583. The van der Waals surface area contributed by atoms with Crippen molar-refractivity contribution in [3.05, 3.63) is 12.2 Å². The van der Waals surface area contributed by atoms with Gasteiger partial charge in [0, 0.05) is 32.6 Å². The summed E-state index contributed by atoms with van der Waals surface area (Å²) in [5, 5.41) is 2.71. The Bertz CT molecular complexity index is 287. The van der Waals surface area contributed by atoms with Gasteiger partial charge in [0.1, 0.15) is 6.29 Å². The summed E-state index contributed by atoms with van der Waals surface area (Å²) in [5.74, 6) is -0.155. The molecule has 5 nitrogen and oxygen atoms in total. The number of nitrogens with one attached hydrogen (secondary N) is 1. The number of aldehydes is 1. The van der Waals surface area contributed by atoms with E-state index in [9.17, 15) is 14.4 Å². The Morgan fingerprint density at radius 2 is 2.00 bits per heavy atom. The highest BCUT2D eigenvalue weighted by atomic mass is 16.2. The molecule has 17 heavy (non-hydrogen) atoms. The Hall–Kier alpha value is -1.65. The van der Waals surface area contributed by atoms with Crippen LogP contribution in [0.1, 0.15) is 26.2 Å². The van der Waals surface area contributed by atoms with Crippen molar-refractivity contribution in [3.8, 4) is 0 Å². The summed E-state index contributed by atoms with van der Waals surface area (Å²) in [6.45, 7) is 3.11. The Morgan fingerprint density at radius 3 is 2.59 bits per heavy atom. The van der Waals surface area contributed by atoms with Gasteiger partial charge in [0.15, 0.2) is 0 Å². The van der Waals surface area contributed by atoms with Crippen molar-refractivity contribution in [2.24, 2.45) is 0 Å². The van der Waals surface area contributed by atoms with Crippen LogP contribution in [-0.2, 0) is 14.4 Å². The molecule has 0 aromatic carbocycles. The van der Waals surface area contributed by atoms with Gasteiger partial charge in [-0.25, -0.2) is 0 Å². The predicted octanol–water partition coefficient (Wildman–Crippen LogP) is 0.506. The first kappa shape index (κ1) is 15.3. The highest BCUT2D eigenvalue weighted by Gasteiger charge is 2.04. The molecule has 0 spiro atoms. The lowest BCUT2D eigenvalue weighted by atomic mass is 10.2. The number of allylic oxidation sites excluding steroid dienone is 1. The van der Waals surface area contributed by atoms with Crippen LogP contribution in [0, 0.1) is 0 Å². The van der Waals surface area contributed by atoms with Crippen molar-refractivity contribution in [2.75, 3.05) is 20.1 Å². The average Bonchev–Trinajstić information content (AvgIpc) is 2.31. The van der Waals surface area contributed by atoms with Crippen LogP contribution in [0.25, 0.3) is 0 Å². The molecule has 0 aliphatic rings. The Kier molecular flexibility index (Phi) is 8.64. The van der Waals surface area contributed by atoms with E-state index in [4.69, 9.17) is 0 Å². The molecular formula is C12H20N2O3. The smallest absolute Gasteiger partial charge is 0.246 e. The molecule has 0 aromatic rings. The fourth-order valence-electron chi connectivity index (χ4n) is 1.28. The van der Waals surface area contributed by atoms with E-state index in [0.29, 0.717) is 25.8 Å². The molecule has 0 atom stereocenters. The molecule has 0 unspecified atom stereocenters. The van der Waals surface area contributed by atoms with Gasteiger partial charge in [-0.15, -0.1) is 0 Å². The molecule has 5 heteroatoms. The molecular weight excluding hydrogens is 220 g/mol. The molecule has 1 N–H and O–H groups in total. The zero-order valence-corrected chi connectivity index (χ0v) is 10.4. The van der Waals surface area contributed by atoms with E-state index in [1.165, 1.54) is 17.1 Å². The average molecular weight is 240 g/mol. The van der Waals surface area contributed by atoms with Crippen molar-refractivity contribution >= 4 is 18.1 Å². The molecule has 2 amide bonds. The number of nitrogens with zero attached hydrogens (tertiary/aromatic N) is 1. The van der Waals surface area contributed by atoms with E-state index in [1.54, 1.807) is 7.05 Å². The van der Waals surface area contributed by atoms with Crippen LogP contribution in [0.2, 0.25) is 0 Å². The number of amides is 2. The lowest BCUT2D eigenvalue weighted by Gasteiger charge is -2.14. The molecule has 0 fully saturated rings. The highest BCUT2D eigenvalue weighted by Crippen LogP contribution is 1.98. The molecule has 0 aliphatic carbocycles. The van der Waals surface area contributed by atoms with Crippen LogP contribution in [0.15, 0.2) is 12.2 Å². The number of unbranched alkanes of at least 4 members (excludes halogenated alkanes) is 1. The number of carbonyl (C=O) groups excluding carboxylic acids is 3. The van der Waals surface area contributed by atoms with Gasteiger partial charge < -0.3 is 10.2 Å². The van der Waals surface area contributed by atoms with E-state index < -0.39 is 0 Å². The molecule has 0 bridgehead atoms. The van der Waals surface area contributed by atoms with Crippen LogP contribution in [0.4, 0.5) is 0 Å². The monoisotopic (exact) mass is 240 g/mol. The Morgan fingerprint density at radius 1 is 1.29 bits per heavy atom. The number of carbonyl (C=O) groups is 3. The van der Waals surface area contributed by atoms with Gasteiger partial charge in [0.05, 0.1) is 0 Å². The van der Waals surface area contributed by atoms with Crippen molar-refractivity contribution in [1.82, 2.24) is 10.2 Å². The maximum absolute atomic E-state index is 11.3. The predicted molar refractivity (Wildman–Crippen MR) is 65.4 cm³/mol. The molecule has 96 valence electrons. The first-order valence-electron chi connectivity index (χ1n) is 5.75. The highest BCUT2D eigenvalue weighted by molar-refractivity contribution is 5.90. The third-order valence-corrected chi connectivity index (χ3v) is 2.21. The number of hydrogen-bond acceptors (Lipinski definition) is 3. The maximum atomic E-state index is 11.3. The van der Waals surface area contributed by atoms with E-state index in [-0.39, 0.29) is 11.8 Å². The fourth-order valence-corrected chi connectivity index (χ4v) is 1.28. The molecule has 0 aliphatic heterocycles. The Labute approximate surface area is 102 Å². The molecule has 0 saturated heterocycles. The van der Waals surface area contributed by atoms with Gasteiger partial charge >= 0.3 is 0 Å². The van der Waals surface area contributed by atoms with Crippen LogP contribution in [0.3, 0.4) is 0 Å². The maximum Gasteiger partial charge on any atom is 0.246 e. The topological polar surface area (TPSA) is 66.5 Å². The van der Waals surface area contributed by atoms with E-state index in [2.05, 4.69) is 5.32 Å². The summed E-state index contributed by atoms with van der Waals surface area (Å²) in [4.78, 5) is 34.0. The lowest BCUT2D eigenvalue weighted by Crippen LogP contribution is -2.26. The zero-order chi connectivity index (χ0) is 13.1. The SMILES string of the molecule is CCNC(=O)CCCCN(C)C(=O)/C=C\C=O. The normalized spacial score (nSPS) is 10.2. The number of likely N-dealkylation sites (N-methyl/N-ethyl adjacent to an activating group) is 1. The molecule has 0 rings (SSSR count). The van der Waals surface area contributed by atoms with Crippen molar-refractivity contribution < 1.29 is 14.4 Å². The van der Waals surface area contributed by atoms with Crippen LogP contribution < -0.4 is 5.32 Å². The van der Waals surface area contributed by atoms with Crippen molar-refractivity contribution in [2.45, 2.75) is 26.2 Å². The standard InChI is InChI=1S/C12H20N2O3/c1-3-13-11(16)7-4-5-9-14(2)12(17)8-6-10-15/h6,8,10H,3-5,7,9H2,1-2H3,(H,13,16)/b8-6-. The summed E-state index contributed by atoms with van der Waals surface area (Å²) >= 11 is 0. The second kappa shape index (κ2) is 9.57. The summed E-state index contributed by atoms with van der Waals surface area (Å²) in [6, 6.07) is 0. The summed E-state index contributed by atoms with van der Waals surface area (Å²) in [7, 11) is 1.67. The van der Waals surface area contributed by atoms with Crippen LogP contribution >= 0.6 is 0 Å². The van der Waals surface area contributed by atoms with Crippen molar-refractivity contribution in [1.29, 1.82) is 0 Å². The quantitative estimate of drug-likeness (QED) is 0.382. The van der Waals surface area contributed by atoms with Gasteiger partial charge in [-0.1, -0.05) is 0 Å². The largest absolute Gasteiger partial charge is 0.356 e. The first-order chi connectivity index (χ1) is 8.11. The third-order valence-electron chi connectivity index (χ3n) is 2.21. The lowest BCUT2D eigenvalue weighted by molar-refractivity contribution is -0.125. The minimum atomic E-state index is -0.199. The van der Waals surface area contributed by atoms with Gasteiger partial charge in [-0.05, 0) is 25.8 Å². The summed E-state index contributed by atoms with van der Waals surface area (Å²) in [6.07, 6.45) is 4.99. The van der Waals surface area contributed by atoms with Crippen molar-refractivity contribution in [3.63, 3.8) is 0 Å². The summed E-state index contributed by atoms with van der Waals surface area (Å²) in [5.41, 5.74) is 0. The zero-order valence-electron chi connectivity index (χ0n) is 10.4. The summed E-state index contributed by atoms with van der Waals surface area (Å²) < 4.78 is 0. The van der Waals surface area contributed by atoms with Gasteiger partial charge in [0.25, 0.3) is 0 Å². The minimum Gasteiger partial charge on any atom is -0.356 e. The number of hydrogen-bond donors (Lipinski definition) is 1. The van der Waals surface area contributed by atoms with E-state index >= 15 is 0 Å². The van der Waals surface area contributed by atoms with Gasteiger partial charge in [-0.2, -0.15) is 0 Å². The molecule has 0 aromatic heterocycles. The van der Waals surface area contributed by atoms with Gasteiger partial charge in [0.2, 0.25) is 11.8 Å².